The molecule has 1 amide bonds. The predicted molar refractivity (Wildman–Crippen MR) is 122 cm³/mol. The summed E-state index contributed by atoms with van der Waals surface area (Å²) >= 11 is 0. The van der Waals surface area contributed by atoms with Gasteiger partial charge in [-0.2, -0.15) is 9.97 Å². The summed E-state index contributed by atoms with van der Waals surface area (Å²) in [6.45, 7) is 4.26. The third-order valence-electron chi connectivity index (χ3n) is 5.28. The summed E-state index contributed by atoms with van der Waals surface area (Å²) in [5.41, 5.74) is 1.77. The van der Waals surface area contributed by atoms with Crippen LogP contribution in [0.4, 0.5) is 21.8 Å². The summed E-state index contributed by atoms with van der Waals surface area (Å²) in [5, 5.41) is 10.2. The quantitative estimate of drug-likeness (QED) is 0.515. The molecule has 11 nitrogen and oxygen atoms in total. The summed E-state index contributed by atoms with van der Waals surface area (Å²) < 4.78 is 23.5. The van der Waals surface area contributed by atoms with E-state index in [2.05, 4.69) is 30.7 Å². The Labute approximate surface area is 190 Å². The molecule has 4 heterocycles. The van der Waals surface area contributed by atoms with E-state index in [1.165, 1.54) is 13.2 Å². The summed E-state index contributed by atoms with van der Waals surface area (Å²) in [6.07, 6.45) is 5.38. The van der Waals surface area contributed by atoms with Crippen LogP contribution >= 0.6 is 0 Å². The maximum Gasteiger partial charge on any atom is 0.256 e. The first-order valence-electron chi connectivity index (χ1n) is 10.7. The van der Waals surface area contributed by atoms with Gasteiger partial charge in [-0.3, -0.25) is 9.48 Å². The highest BCUT2D eigenvalue weighted by Gasteiger charge is 2.35. The van der Waals surface area contributed by atoms with Crippen molar-refractivity contribution in [2.75, 3.05) is 30.4 Å². The number of hydrogen-bond donors (Lipinski definition) is 2. The maximum atomic E-state index is 14.8. The number of aromatic nitrogens is 6. The van der Waals surface area contributed by atoms with Gasteiger partial charge < -0.3 is 24.8 Å². The Morgan fingerprint density at radius 3 is 2.82 bits per heavy atom. The smallest absolute Gasteiger partial charge is 0.256 e. The monoisotopic (exact) mass is 457 g/mol. The Morgan fingerprint density at radius 1 is 1.30 bits per heavy atom. The number of amides is 1. The lowest BCUT2D eigenvalue weighted by Crippen LogP contribution is -2.40. The zero-order valence-electron chi connectivity index (χ0n) is 19.3. The first-order chi connectivity index (χ1) is 15.7. The number of methoxy groups -OCH3 is 1. The van der Waals surface area contributed by atoms with Crippen LogP contribution in [0.25, 0.3) is 11.2 Å². The third-order valence-corrected chi connectivity index (χ3v) is 5.28. The van der Waals surface area contributed by atoms with Crippen LogP contribution in [-0.4, -0.2) is 67.6 Å². The number of alkyl halides is 1. The number of hydrogen-bond acceptors (Lipinski definition) is 8. The first-order valence-corrected chi connectivity index (χ1v) is 10.7. The number of anilines is 3. The molecule has 1 fully saturated rings. The predicted octanol–water partition coefficient (Wildman–Crippen LogP) is 1.70. The van der Waals surface area contributed by atoms with E-state index in [-0.39, 0.29) is 24.9 Å². The summed E-state index contributed by atoms with van der Waals surface area (Å²) in [5.74, 6) is 1.12. The molecule has 1 saturated heterocycles. The Morgan fingerprint density at radius 2 is 2.09 bits per heavy atom. The van der Waals surface area contributed by atoms with Crippen LogP contribution in [0.2, 0.25) is 0 Å². The molecule has 1 aliphatic heterocycles. The van der Waals surface area contributed by atoms with E-state index in [4.69, 9.17) is 4.74 Å². The number of nitrogens with zero attached hydrogens (tertiary/aromatic N) is 7. The van der Waals surface area contributed by atoms with Crippen molar-refractivity contribution in [2.24, 2.45) is 20.0 Å². The lowest BCUT2D eigenvalue weighted by Gasteiger charge is -2.17. The molecule has 4 rings (SSSR count). The molecule has 0 unspecified atom stereocenters. The molecule has 3 aromatic rings. The van der Waals surface area contributed by atoms with Crippen molar-refractivity contribution in [3.63, 3.8) is 0 Å². The second-order valence-electron chi connectivity index (χ2n) is 8.39. The number of allylic oxidation sites excluding steroid dienone is 1. The van der Waals surface area contributed by atoms with E-state index in [0.29, 0.717) is 34.5 Å². The van der Waals surface area contributed by atoms with Gasteiger partial charge in [-0.25, -0.2) is 9.37 Å². The van der Waals surface area contributed by atoms with E-state index >= 15 is 0 Å². The molecule has 176 valence electrons. The Hall–Kier alpha value is -3.70. The van der Waals surface area contributed by atoms with Gasteiger partial charge in [0.05, 0.1) is 32.2 Å². The average molecular weight is 458 g/mol. The van der Waals surface area contributed by atoms with Crippen LogP contribution in [0.5, 0.6) is 5.88 Å². The Bertz CT molecular complexity index is 1190. The molecular weight excluding hydrogens is 429 g/mol. The molecule has 12 heteroatoms. The standard InChI is InChI=1S/C21H28FN9O2/c1-12(2)6-7-16(32)24-14-10-31(8-13(14)22)21-26-18(17-19(27-21)29(3)11-23-17)25-15-9-30(4)28-20(15)33-5/h6-7,9,11-14H,8,10H2,1-5H3,(H,24,32)(H,25,26,27)/b7-6+/t13-,14-/m1/s1. The van der Waals surface area contributed by atoms with Crippen molar-refractivity contribution in [3.8, 4) is 5.88 Å². The number of ether oxygens (including phenoxy) is 1. The Kier molecular flexibility index (Phi) is 6.16. The van der Waals surface area contributed by atoms with Crippen molar-refractivity contribution in [1.29, 1.82) is 0 Å². The summed E-state index contributed by atoms with van der Waals surface area (Å²) in [7, 11) is 5.14. The zero-order chi connectivity index (χ0) is 23.7. The van der Waals surface area contributed by atoms with Crippen LogP contribution in [0.15, 0.2) is 24.7 Å². The fourth-order valence-electron chi connectivity index (χ4n) is 3.63. The number of imidazole rings is 1. The first kappa shape index (κ1) is 22.5. The van der Waals surface area contributed by atoms with Gasteiger partial charge in [0.15, 0.2) is 17.0 Å². The number of carbonyl (C=O) groups excluding carboxylic acids is 1. The van der Waals surface area contributed by atoms with Crippen molar-refractivity contribution in [2.45, 2.75) is 26.1 Å². The average Bonchev–Trinajstić information content (AvgIpc) is 3.44. The van der Waals surface area contributed by atoms with E-state index in [0.717, 1.165) is 0 Å². The van der Waals surface area contributed by atoms with Gasteiger partial charge >= 0.3 is 0 Å². The summed E-state index contributed by atoms with van der Waals surface area (Å²) in [4.78, 5) is 27.5. The van der Waals surface area contributed by atoms with E-state index in [9.17, 15) is 9.18 Å². The van der Waals surface area contributed by atoms with E-state index in [1.54, 1.807) is 39.8 Å². The molecular formula is C21H28FN9O2. The van der Waals surface area contributed by atoms with Gasteiger partial charge in [0.1, 0.15) is 11.9 Å². The van der Waals surface area contributed by atoms with E-state index < -0.39 is 12.2 Å². The van der Waals surface area contributed by atoms with Crippen LogP contribution in [-0.2, 0) is 18.9 Å². The largest absolute Gasteiger partial charge is 0.478 e. The van der Waals surface area contributed by atoms with Crippen molar-refractivity contribution >= 4 is 34.5 Å². The highest BCUT2D eigenvalue weighted by Crippen LogP contribution is 2.30. The molecule has 1 aliphatic rings. The maximum absolute atomic E-state index is 14.8. The minimum atomic E-state index is -1.25. The van der Waals surface area contributed by atoms with Gasteiger partial charge in [-0.1, -0.05) is 19.9 Å². The lowest BCUT2D eigenvalue weighted by atomic mass is 10.2. The minimum Gasteiger partial charge on any atom is -0.478 e. The molecule has 0 aromatic carbocycles. The SMILES string of the molecule is COc1nn(C)cc1Nc1nc(N2C[C@@H](F)[C@H](NC(=O)/C=C/C(C)C)C2)nc2c1ncn2C. The number of carbonyl (C=O) groups is 1. The van der Waals surface area contributed by atoms with Crippen LogP contribution in [0, 0.1) is 5.92 Å². The topological polar surface area (TPSA) is 115 Å². The third kappa shape index (κ3) is 4.73. The fourth-order valence-corrected chi connectivity index (χ4v) is 3.63. The van der Waals surface area contributed by atoms with E-state index in [1.807, 2.05) is 20.9 Å². The minimum absolute atomic E-state index is 0.0673. The molecule has 2 atom stereocenters. The number of fused-ring (bicyclic) bond motifs is 1. The van der Waals surface area contributed by atoms with Gasteiger partial charge in [0.2, 0.25) is 11.9 Å². The van der Waals surface area contributed by atoms with Crippen molar-refractivity contribution in [1.82, 2.24) is 34.6 Å². The normalized spacial score (nSPS) is 18.6. The molecule has 0 aliphatic carbocycles. The highest BCUT2D eigenvalue weighted by molar-refractivity contribution is 5.88. The second-order valence-corrected chi connectivity index (χ2v) is 8.39. The molecule has 3 aromatic heterocycles. The number of nitrogens with one attached hydrogen (secondary N) is 2. The lowest BCUT2D eigenvalue weighted by molar-refractivity contribution is -0.117. The van der Waals surface area contributed by atoms with Crippen molar-refractivity contribution < 1.29 is 13.9 Å². The van der Waals surface area contributed by atoms with Crippen LogP contribution in [0.3, 0.4) is 0 Å². The molecule has 2 N–H and O–H groups in total. The highest BCUT2D eigenvalue weighted by atomic mass is 19.1. The van der Waals surface area contributed by atoms with Crippen LogP contribution in [0.1, 0.15) is 13.8 Å². The molecule has 0 bridgehead atoms. The molecule has 0 saturated carbocycles. The zero-order valence-corrected chi connectivity index (χ0v) is 19.3. The Balaban J connectivity index is 1.60. The molecule has 0 radical (unpaired) electrons. The second kappa shape index (κ2) is 9.04. The van der Waals surface area contributed by atoms with Crippen molar-refractivity contribution in [3.05, 3.63) is 24.7 Å². The number of aryl methyl sites for hydroxylation is 2. The van der Waals surface area contributed by atoms with Gasteiger partial charge in [-0.15, -0.1) is 5.10 Å². The molecule has 33 heavy (non-hydrogen) atoms. The number of rotatable bonds is 7. The number of halogens is 1. The van der Waals surface area contributed by atoms with Gasteiger partial charge in [0, 0.05) is 20.6 Å². The molecule has 0 spiro atoms. The van der Waals surface area contributed by atoms with Crippen LogP contribution < -0.4 is 20.3 Å². The van der Waals surface area contributed by atoms with Gasteiger partial charge in [-0.05, 0) is 12.0 Å². The fraction of sp³-hybridized carbons (Fsp3) is 0.476. The summed E-state index contributed by atoms with van der Waals surface area (Å²) in [6, 6.07) is -0.657. The van der Waals surface area contributed by atoms with Gasteiger partial charge in [0.25, 0.3) is 5.88 Å².